The predicted molar refractivity (Wildman–Crippen MR) is 127 cm³/mol. The fourth-order valence-corrected chi connectivity index (χ4v) is 4.75. The van der Waals surface area contributed by atoms with Crippen molar-refractivity contribution >= 4 is 44.2 Å². The zero-order valence-electron chi connectivity index (χ0n) is 18.2. The number of hydrogen-bond acceptors (Lipinski definition) is 7. The molecule has 1 fully saturated rings. The third kappa shape index (κ3) is 5.32. The predicted octanol–water partition coefficient (Wildman–Crippen LogP) is 4.01. The highest BCUT2D eigenvalue weighted by molar-refractivity contribution is 7.22. The fraction of sp³-hybridized carbons (Fsp3) is 0.391. The van der Waals surface area contributed by atoms with Crippen molar-refractivity contribution in [3.63, 3.8) is 0 Å². The molecule has 0 aliphatic carbocycles. The van der Waals surface area contributed by atoms with Gasteiger partial charge < -0.3 is 14.2 Å². The first-order valence-electron chi connectivity index (χ1n) is 10.5. The number of rotatable bonds is 8. The van der Waals surface area contributed by atoms with Gasteiger partial charge in [0.05, 0.1) is 25.0 Å². The summed E-state index contributed by atoms with van der Waals surface area (Å²) in [6.07, 6.45) is 0. The van der Waals surface area contributed by atoms with Crippen molar-refractivity contribution < 1.29 is 19.0 Å². The fourth-order valence-electron chi connectivity index (χ4n) is 3.53. The summed E-state index contributed by atoms with van der Waals surface area (Å²) in [5.41, 5.74) is 1.87. The summed E-state index contributed by atoms with van der Waals surface area (Å²) < 4.78 is 17.7. The van der Waals surface area contributed by atoms with Gasteiger partial charge in [-0.15, -0.1) is 0 Å². The molecule has 0 radical (unpaired) electrons. The lowest BCUT2D eigenvalue weighted by Crippen LogP contribution is -2.44. The van der Waals surface area contributed by atoms with Crippen LogP contribution in [0.2, 0.25) is 5.02 Å². The van der Waals surface area contributed by atoms with E-state index >= 15 is 0 Å². The highest BCUT2D eigenvalue weighted by atomic mass is 35.5. The second kappa shape index (κ2) is 10.5. The Labute approximate surface area is 196 Å². The molecule has 1 saturated heterocycles. The average molecular weight is 476 g/mol. The molecule has 1 aliphatic heterocycles. The number of thiazole rings is 1. The van der Waals surface area contributed by atoms with E-state index < -0.39 is 0 Å². The number of benzene rings is 2. The van der Waals surface area contributed by atoms with Crippen molar-refractivity contribution in [2.45, 2.75) is 6.92 Å². The van der Waals surface area contributed by atoms with Gasteiger partial charge in [-0.3, -0.25) is 14.6 Å². The molecule has 2 heterocycles. The smallest absolute Gasteiger partial charge is 0.266 e. The van der Waals surface area contributed by atoms with E-state index in [0.29, 0.717) is 41.4 Å². The molecule has 3 aromatic rings. The first-order valence-corrected chi connectivity index (χ1v) is 11.7. The minimum atomic E-state index is -0.149. The number of fused-ring (bicyclic) bond motifs is 1. The molecule has 4 rings (SSSR count). The summed E-state index contributed by atoms with van der Waals surface area (Å²) >= 11 is 7.43. The second-order valence-electron chi connectivity index (χ2n) is 7.50. The molecule has 170 valence electrons. The number of carbonyl (C=O) groups excluding carboxylic acids is 1. The van der Waals surface area contributed by atoms with Gasteiger partial charge in [-0.2, -0.15) is 0 Å². The van der Waals surface area contributed by atoms with Crippen LogP contribution in [-0.2, 0) is 9.53 Å². The summed E-state index contributed by atoms with van der Waals surface area (Å²) in [7, 11) is 1.63. The van der Waals surface area contributed by atoms with E-state index in [9.17, 15) is 4.79 Å². The Morgan fingerprint density at radius 3 is 2.69 bits per heavy atom. The number of carbonyl (C=O) groups is 1. The van der Waals surface area contributed by atoms with E-state index in [1.54, 1.807) is 36.3 Å². The lowest BCUT2D eigenvalue weighted by atomic mass is 10.2. The van der Waals surface area contributed by atoms with Crippen molar-refractivity contribution in [2.24, 2.45) is 0 Å². The number of hydrogen-bond donors (Lipinski definition) is 0. The van der Waals surface area contributed by atoms with E-state index in [2.05, 4.69) is 4.90 Å². The highest BCUT2D eigenvalue weighted by Crippen LogP contribution is 2.36. The van der Waals surface area contributed by atoms with Gasteiger partial charge in [0.2, 0.25) is 0 Å². The van der Waals surface area contributed by atoms with Gasteiger partial charge in [0.25, 0.3) is 5.91 Å². The molecule has 2 aromatic carbocycles. The number of aromatic nitrogens is 1. The van der Waals surface area contributed by atoms with Gasteiger partial charge in [-0.1, -0.05) is 29.0 Å². The van der Waals surface area contributed by atoms with E-state index in [-0.39, 0.29) is 12.5 Å². The number of ether oxygens (including phenoxy) is 3. The third-order valence-corrected chi connectivity index (χ3v) is 6.83. The Kier molecular flexibility index (Phi) is 7.47. The minimum Gasteiger partial charge on any atom is -0.494 e. The first kappa shape index (κ1) is 22.8. The van der Waals surface area contributed by atoms with Gasteiger partial charge in [-0.25, -0.2) is 4.98 Å². The Hall–Kier alpha value is -2.39. The molecule has 0 bridgehead atoms. The number of morpholine rings is 1. The van der Waals surface area contributed by atoms with Crippen LogP contribution in [0.5, 0.6) is 11.5 Å². The number of nitrogens with zero attached hydrogens (tertiary/aromatic N) is 3. The van der Waals surface area contributed by atoms with Crippen LogP contribution in [0.1, 0.15) is 5.56 Å². The first-order chi connectivity index (χ1) is 15.5. The quantitative estimate of drug-likeness (QED) is 0.490. The second-order valence-corrected chi connectivity index (χ2v) is 8.91. The molecule has 0 spiro atoms. The van der Waals surface area contributed by atoms with Crippen molar-refractivity contribution in [1.82, 2.24) is 9.88 Å². The van der Waals surface area contributed by atoms with Crippen LogP contribution < -0.4 is 14.4 Å². The number of amides is 1. The third-order valence-electron chi connectivity index (χ3n) is 5.36. The molecular formula is C23H26ClN3O4S. The maximum absolute atomic E-state index is 13.2. The van der Waals surface area contributed by atoms with Crippen LogP contribution in [0.15, 0.2) is 36.4 Å². The summed E-state index contributed by atoms with van der Waals surface area (Å²) in [4.78, 5) is 22.0. The maximum Gasteiger partial charge on any atom is 0.266 e. The minimum absolute atomic E-state index is 0.0865. The molecule has 1 aromatic heterocycles. The molecule has 32 heavy (non-hydrogen) atoms. The van der Waals surface area contributed by atoms with Crippen molar-refractivity contribution in [2.75, 3.05) is 58.0 Å². The van der Waals surface area contributed by atoms with Crippen LogP contribution in [0.3, 0.4) is 0 Å². The number of halogens is 1. The SMILES string of the molecule is COc1ccc(C)c2sc(N(CCN3CCOCC3)C(=O)COc3ccc(Cl)cc3)nc12. The monoisotopic (exact) mass is 475 g/mol. The number of aryl methyl sites for hydroxylation is 1. The number of anilines is 1. The average Bonchev–Trinajstić information content (AvgIpc) is 3.26. The molecule has 0 N–H and O–H groups in total. The van der Waals surface area contributed by atoms with E-state index in [0.717, 1.165) is 35.4 Å². The Morgan fingerprint density at radius 1 is 1.22 bits per heavy atom. The Balaban J connectivity index is 1.56. The van der Waals surface area contributed by atoms with Gasteiger partial charge in [-0.05, 0) is 42.8 Å². The van der Waals surface area contributed by atoms with Crippen molar-refractivity contribution in [1.29, 1.82) is 0 Å². The molecular weight excluding hydrogens is 450 g/mol. The standard InChI is InChI=1S/C23H26ClN3O4S/c1-16-3-8-19(29-2)21-22(16)32-23(25-21)27(10-9-26-11-13-30-14-12-26)20(28)15-31-18-6-4-17(24)5-7-18/h3-8H,9-15H2,1-2H3. The summed E-state index contributed by atoms with van der Waals surface area (Å²) in [5, 5.41) is 1.26. The maximum atomic E-state index is 13.2. The van der Waals surface area contributed by atoms with Gasteiger partial charge in [0, 0.05) is 31.2 Å². The molecule has 0 atom stereocenters. The van der Waals surface area contributed by atoms with E-state index in [1.165, 1.54) is 11.3 Å². The van der Waals surface area contributed by atoms with Gasteiger partial charge in [0.1, 0.15) is 17.0 Å². The normalized spacial score (nSPS) is 14.5. The topological polar surface area (TPSA) is 64.1 Å². The van der Waals surface area contributed by atoms with Gasteiger partial charge >= 0.3 is 0 Å². The van der Waals surface area contributed by atoms with Gasteiger partial charge in [0.15, 0.2) is 11.7 Å². The van der Waals surface area contributed by atoms with Crippen molar-refractivity contribution in [3.8, 4) is 11.5 Å². The van der Waals surface area contributed by atoms with Crippen LogP contribution in [0, 0.1) is 6.92 Å². The van der Waals surface area contributed by atoms with Crippen molar-refractivity contribution in [3.05, 3.63) is 47.0 Å². The van der Waals surface area contributed by atoms with Crippen LogP contribution in [0.25, 0.3) is 10.2 Å². The highest BCUT2D eigenvalue weighted by Gasteiger charge is 2.23. The van der Waals surface area contributed by atoms with E-state index in [4.69, 9.17) is 30.8 Å². The lowest BCUT2D eigenvalue weighted by molar-refractivity contribution is -0.120. The molecule has 1 amide bonds. The zero-order valence-corrected chi connectivity index (χ0v) is 19.7. The molecule has 0 unspecified atom stereocenters. The number of methoxy groups -OCH3 is 1. The molecule has 7 nitrogen and oxygen atoms in total. The summed E-state index contributed by atoms with van der Waals surface area (Å²) in [6.45, 7) is 6.35. The zero-order chi connectivity index (χ0) is 22.5. The van der Waals surface area contributed by atoms with Crippen LogP contribution >= 0.6 is 22.9 Å². The molecule has 9 heteroatoms. The molecule has 1 aliphatic rings. The Bertz CT molecular complexity index is 1070. The lowest BCUT2D eigenvalue weighted by Gasteiger charge is -2.29. The van der Waals surface area contributed by atoms with E-state index in [1.807, 2.05) is 19.1 Å². The van der Waals surface area contributed by atoms with Crippen LogP contribution in [-0.4, -0.2) is 68.9 Å². The summed E-state index contributed by atoms with van der Waals surface area (Å²) in [5.74, 6) is 1.15. The largest absolute Gasteiger partial charge is 0.494 e. The summed E-state index contributed by atoms with van der Waals surface area (Å²) in [6, 6.07) is 10.9. The van der Waals surface area contributed by atoms with Crippen LogP contribution in [0.4, 0.5) is 5.13 Å². The molecule has 0 saturated carbocycles. The Morgan fingerprint density at radius 2 is 1.97 bits per heavy atom.